The first-order valence-corrected chi connectivity index (χ1v) is 6.09. The number of oxime groups is 1. The number of nitrogens with zero attached hydrogens (tertiary/aromatic N) is 1. The third kappa shape index (κ3) is 4.35. The Bertz CT molecular complexity index is 368. The van der Waals surface area contributed by atoms with Gasteiger partial charge in [0.2, 0.25) is 0 Å². The zero-order valence-corrected chi connectivity index (χ0v) is 10.6. The molecular weight excluding hydrogens is 230 g/mol. The van der Waals surface area contributed by atoms with Crippen LogP contribution in [0.25, 0.3) is 0 Å². The molecule has 0 saturated carbocycles. The quantitative estimate of drug-likeness (QED) is 0.254. The van der Waals surface area contributed by atoms with Crippen molar-refractivity contribution in [1.82, 2.24) is 5.32 Å². The predicted molar refractivity (Wildman–Crippen MR) is 71.5 cm³/mol. The molecule has 1 rings (SSSR count). The molecule has 18 heavy (non-hydrogen) atoms. The Morgan fingerprint density at radius 2 is 2.06 bits per heavy atom. The molecule has 0 radical (unpaired) electrons. The van der Waals surface area contributed by atoms with Crippen molar-refractivity contribution >= 4 is 5.84 Å². The van der Waals surface area contributed by atoms with Crippen molar-refractivity contribution in [2.45, 2.75) is 31.8 Å². The van der Waals surface area contributed by atoms with Crippen molar-refractivity contribution in [3.63, 3.8) is 0 Å². The van der Waals surface area contributed by atoms with Gasteiger partial charge in [-0.15, -0.1) is 0 Å². The second-order valence-corrected chi connectivity index (χ2v) is 4.21. The predicted octanol–water partition coefficient (Wildman–Crippen LogP) is 1.22. The van der Waals surface area contributed by atoms with Crippen LogP contribution in [0.2, 0.25) is 0 Å². The Hall–Kier alpha value is -1.59. The van der Waals surface area contributed by atoms with Gasteiger partial charge in [-0.25, -0.2) is 0 Å². The lowest BCUT2D eigenvalue weighted by Gasteiger charge is -2.23. The molecule has 0 fully saturated rings. The highest BCUT2D eigenvalue weighted by Gasteiger charge is 2.16. The van der Waals surface area contributed by atoms with Gasteiger partial charge in [-0.1, -0.05) is 42.4 Å². The van der Waals surface area contributed by atoms with Crippen molar-refractivity contribution in [3.05, 3.63) is 35.9 Å². The van der Waals surface area contributed by atoms with E-state index in [1.165, 1.54) is 0 Å². The summed E-state index contributed by atoms with van der Waals surface area (Å²) < 4.78 is 0. The summed E-state index contributed by atoms with van der Waals surface area (Å²) in [5.41, 5.74) is 6.53. The molecule has 5 heteroatoms. The van der Waals surface area contributed by atoms with Gasteiger partial charge in [0.25, 0.3) is 0 Å². The Balaban J connectivity index is 2.66. The molecule has 0 aromatic heterocycles. The fourth-order valence-electron chi connectivity index (χ4n) is 1.84. The summed E-state index contributed by atoms with van der Waals surface area (Å²) in [6.45, 7) is 2.03. The lowest BCUT2D eigenvalue weighted by Crippen LogP contribution is -2.37. The van der Waals surface area contributed by atoms with Crippen LogP contribution >= 0.6 is 0 Å². The molecule has 0 heterocycles. The van der Waals surface area contributed by atoms with Crippen LogP contribution in [0.5, 0.6) is 0 Å². The Labute approximate surface area is 107 Å². The molecule has 1 aromatic carbocycles. The van der Waals surface area contributed by atoms with Crippen LogP contribution in [0.15, 0.2) is 35.5 Å². The summed E-state index contributed by atoms with van der Waals surface area (Å²) in [6.07, 6.45) is 1.29. The zero-order chi connectivity index (χ0) is 13.4. The highest BCUT2D eigenvalue weighted by Crippen LogP contribution is 2.14. The Morgan fingerprint density at radius 1 is 1.39 bits per heavy atom. The van der Waals surface area contributed by atoms with Crippen molar-refractivity contribution in [2.24, 2.45) is 10.9 Å². The number of hydrogen-bond acceptors (Lipinski definition) is 4. The van der Waals surface area contributed by atoms with E-state index in [0.717, 1.165) is 12.0 Å². The van der Waals surface area contributed by atoms with Crippen LogP contribution in [0, 0.1) is 0 Å². The molecule has 2 unspecified atom stereocenters. The van der Waals surface area contributed by atoms with Gasteiger partial charge in [-0.2, -0.15) is 0 Å². The smallest absolute Gasteiger partial charge is 0.140 e. The second kappa shape index (κ2) is 7.68. The SMILES string of the molecule is CCC(CC(N)=NO)NC(CO)c1ccccc1. The van der Waals surface area contributed by atoms with Crippen LogP contribution in [0.3, 0.4) is 0 Å². The van der Waals surface area contributed by atoms with Crippen LogP contribution in [-0.4, -0.2) is 28.8 Å². The van der Waals surface area contributed by atoms with Crippen LogP contribution in [-0.2, 0) is 0 Å². The van der Waals surface area contributed by atoms with Gasteiger partial charge >= 0.3 is 0 Å². The average Bonchev–Trinajstić information content (AvgIpc) is 2.43. The van der Waals surface area contributed by atoms with E-state index in [9.17, 15) is 5.11 Å². The number of benzene rings is 1. The van der Waals surface area contributed by atoms with Crippen molar-refractivity contribution in [1.29, 1.82) is 0 Å². The van der Waals surface area contributed by atoms with Crippen molar-refractivity contribution < 1.29 is 10.3 Å². The number of aliphatic hydroxyl groups excluding tert-OH is 1. The normalized spacial score (nSPS) is 15.3. The largest absolute Gasteiger partial charge is 0.409 e. The Morgan fingerprint density at radius 3 is 2.56 bits per heavy atom. The molecule has 5 nitrogen and oxygen atoms in total. The second-order valence-electron chi connectivity index (χ2n) is 4.21. The molecule has 0 aliphatic rings. The first kappa shape index (κ1) is 14.5. The molecule has 0 amide bonds. The van der Waals surface area contributed by atoms with Gasteiger partial charge < -0.3 is 21.4 Å². The van der Waals surface area contributed by atoms with E-state index in [1.54, 1.807) is 0 Å². The molecule has 0 saturated heterocycles. The monoisotopic (exact) mass is 251 g/mol. The third-order valence-electron chi connectivity index (χ3n) is 2.90. The van der Waals surface area contributed by atoms with E-state index in [1.807, 2.05) is 37.3 Å². The van der Waals surface area contributed by atoms with E-state index in [2.05, 4.69) is 10.5 Å². The first-order chi connectivity index (χ1) is 8.71. The summed E-state index contributed by atoms with van der Waals surface area (Å²) >= 11 is 0. The van der Waals surface area contributed by atoms with Crippen LogP contribution < -0.4 is 11.1 Å². The van der Waals surface area contributed by atoms with Gasteiger partial charge in [-0.05, 0) is 12.0 Å². The fraction of sp³-hybridized carbons (Fsp3) is 0.462. The minimum absolute atomic E-state index is 0.0106. The summed E-state index contributed by atoms with van der Waals surface area (Å²) in [5, 5.41) is 24.3. The van der Waals surface area contributed by atoms with Gasteiger partial charge in [0.05, 0.1) is 12.6 Å². The van der Waals surface area contributed by atoms with Crippen molar-refractivity contribution in [2.75, 3.05) is 6.61 Å². The number of hydrogen-bond donors (Lipinski definition) is 4. The minimum Gasteiger partial charge on any atom is -0.409 e. The maximum absolute atomic E-state index is 9.44. The van der Waals surface area contributed by atoms with E-state index < -0.39 is 0 Å². The number of aliphatic hydroxyl groups is 1. The maximum atomic E-state index is 9.44. The highest BCUT2D eigenvalue weighted by molar-refractivity contribution is 5.80. The number of amidine groups is 1. The minimum atomic E-state index is -0.136. The molecule has 0 aliphatic carbocycles. The summed E-state index contributed by atoms with van der Waals surface area (Å²) in [6, 6.07) is 9.66. The Kier molecular flexibility index (Phi) is 6.18. The molecular formula is C13H21N3O2. The first-order valence-electron chi connectivity index (χ1n) is 6.09. The highest BCUT2D eigenvalue weighted by atomic mass is 16.4. The van der Waals surface area contributed by atoms with Crippen molar-refractivity contribution in [3.8, 4) is 0 Å². The van der Waals surface area contributed by atoms with E-state index in [0.29, 0.717) is 6.42 Å². The molecule has 0 bridgehead atoms. The third-order valence-corrected chi connectivity index (χ3v) is 2.90. The van der Waals surface area contributed by atoms with Gasteiger partial charge in [0.1, 0.15) is 5.84 Å². The lowest BCUT2D eigenvalue weighted by molar-refractivity contribution is 0.231. The standard InChI is InChI=1S/C13H21N3O2/c1-2-11(8-13(14)16-18)15-12(9-17)10-6-4-3-5-7-10/h3-7,11-12,15,17-18H,2,8-9H2,1H3,(H2,14,16). The van der Waals surface area contributed by atoms with Gasteiger partial charge in [0, 0.05) is 12.5 Å². The zero-order valence-electron chi connectivity index (χ0n) is 10.6. The van der Waals surface area contributed by atoms with Crippen LogP contribution in [0.1, 0.15) is 31.4 Å². The summed E-state index contributed by atoms with van der Waals surface area (Å²) in [5.74, 6) is 0.194. The summed E-state index contributed by atoms with van der Waals surface area (Å²) in [4.78, 5) is 0. The molecule has 1 aromatic rings. The maximum Gasteiger partial charge on any atom is 0.140 e. The van der Waals surface area contributed by atoms with E-state index >= 15 is 0 Å². The van der Waals surface area contributed by atoms with Crippen LogP contribution in [0.4, 0.5) is 0 Å². The molecule has 2 atom stereocenters. The average molecular weight is 251 g/mol. The molecule has 5 N–H and O–H groups in total. The molecule has 100 valence electrons. The topological polar surface area (TPSA) is 90.9 Å². The number of rotatable bonds is 7. The van der Waals surface area contributed by atoms with Gasteiger partial charge in [-0.3, -0.25) is 0 Å². The van der Waals surface area contributed by atoms with E-state index in [-0.39, 0.29) is 24.5 Å². The summed E-state index contributed by atoms with van der Waals surface area (Å²) in [7, 11) is 0. The molecule has 0 spiro atoms. The fourth-order valence-corrected chi connectivity index (χ4v) is 1.84. The molecule has 0 aliphatic heterocycles. The van der Waals surface area contributed by atoms with Gasteiger partial charge in [0.15, 0.2) is 0 Å². The van der Waals surface area contributed by atoms with E-state index in [4.69, 9.17) is 10.9 Å². The number of nitrogens with two attached hydrogens (primary N) is 1. The lowest BCUT2D eigenvalue weighted by atomic mass is 10.0. The number of nitrogens with one attached hydrogen (secondary N) is 1.